The lowest BCUT2D eigenvalue weighted by atomic mass is 9.78. The van der Waals surface area contributed by atoms with Gasteiger partial charge in [0, 0.05) is 13.0 Å². The molecule has 1 aromatic heterocycles. The third kappa shape index (κ3) is 6.32. The molecule has 1 aromatic rings. The maximum absolute atomic E-state index is 13.8. The van der Waals surface area contributed by atoms with Crippen molar-refractivity contribution < 1.29 is 24.3 Å². The van der Waals surface area contributed by atoms with Crippen LogP contribution in [0.2, 0.25) is 0 Å². The van der Waals surface area contributed by atoms with Crippen molar-refractivity contribution in [3.8, 4) is 0 Å². The summed E-state index contributed by atoms with van der Waals surface area (Å²) in [5.41, 5.74) is 9.65. The molecule has 3 amide bonds. The molecule has 0 aromatic carbocycles. The van der Waals surface area contributed by atoms with E-state index in [2.05, 4.69) is 15.6 Å². The van der Waals surface area contributed by atoms with Crippen molar-refractivity contribution in [2.75, 3.05) is 6.54 Å². The predicted octanol–water partition coefficient (Wildman–Crippen LogP) is 0.819. The van der Waals surface area contributed by atoms with Gasteiger partial charge in [-0.15, -0.1) is 5.10 Å². The number of Topliss-reactive ketones (excluding diaryl/α,β-unsaturated/α-hetero) is 1. The van der Waals surface area contributed by atoms with Crippen LogP contribution in [0.3, 0.4) is 0 Å². The maximum atomic E-state index is 13.8. The van der Waals surface area contributed by atoms with Gasteiger partial charge >= 0.3 is 0 Å². The molecule has 0 radical (unpaired) electrons. The molecule has 6 N–H and O–H groups in total. The average molecular weight is 546 g/mol. The molecule has 1 unspecified atom stereocenters. The van der Waals surface area contributed by atoms with Gasteiger partial charge in [-0.1, -0.05) is 56.6 Å². The number of carbonyl (C=O) groups excluding carboxylic acids is 4. The summed E-state index contributed by atoms with van der Waals surface area (Å²) in [5, 5.41) is 21.6. The number of ketones is 1. The Morgan fingerprint density at radius 1 is 1.13 bits per heavy atom. The lowest BCUT2D eigenvalue weighted by molar-refractivity contribution is -0.145. The summed E-state index contributed by atoms with van der Waals surface area (Å²) in [5.74, 6) is -2.36. The van der Waals surface area contributed by atoms with Gasteiger partial charge in [0.1, 0.15) is 17.2 Å². The van der Waals surface area contributed by atoms with Crippen LogP contribution in [-0.4, -0.2) is 72.7 Å². The average Bonchev–Trinajstić information content (AvgIpc) is 3.56. The van der Waals surface area contributed by atoms with Crippen molar-refractivity contribution in [3.63, 3.8) is 0 Å². The molecule has 3 aliphatic rings. The van der Waals surface area contributed by atoms with E-state index in [1.54, 1.807) is 18.5 Å². The van der Waals surface area contributed by atoms with Gasteiger partial charge < -0.3 is 26.8 Å². The minimum absolute atomic E-state index is 0.151. The van der Waals surface area contributed by atoms with Gasteiger partial charge in [-0.3, -0.25) is 19.2 Å². The first kappa shape index (κ1) is 29.1. The van der Waals surface area contributed by atoms with Gasteiger partial charge in [0.2, 0.25) is 17.6 Å². The molecule has 3 fully saturated rings. The highest BCUT2D eigenvalue weighted by Crippen LogP contribution is 2.35. The van der Waals surface area contributed by atoms with Crippen molar-refractivity contribution >= 4 is 23.5 Å². The van der Waals surface area contributed by atoms with E-state index >= 15 is 0 Å². The Balaban J connectivity index is 1.60. The third-order valence-corrected chi connectivity index (χ3v) is 8.77. The van der Waals surface area contributed by atoms with Crippen LogP contribution in [0, 0.1) is 5.92 Å². The van der Waals surface area contributed by atoms with Gasteiger partial charge in [0.25, 0.3) is 5.91 Å². The Labute approximate surface area is 229 Å². The molecule has 12 heteroatoms. The van der Waals surface area contributed by atoms with Gasteiger partial charge in [0.15, 0.2) is 0 Å². The second kappa shape index (κ2) is 11.7. The first-order valence-electron chi connectivity index (χ1n) is 14.3. The van der Waals surface area contributed by atoms with Crippen molar-refractivity contribution in [2.45, 2.75) is 120 Å². The zero-order chi connectivity index (χ0) is 28.4. The van der Waals surface area contributed by atoms with Crippen LogP contribution in [0.1, 0.15) is 103 Å². The molecule has 0 spiro atoms. The number of nitrogens with one attached hydrogen (secondary N) is 1. The standard InChI is InChI=1S/C27H43N7O5/c1-26(2,39)21-15-30-32-34(21)18-14-20(24(37)31-27(22(35)23(29)36)11-7-4-8-12-27)33(16-18)25(38)19(28)13-17-9-5-3-6-10-17/h15,17-20,39H,3-14,16,28H2,1-2H3,(H2,29,36)(H,31,37)/t18-,19?,20-/m0/s1. The van der Waals surface area contributed by atoms with Gasteiger partial charge in [-0.05, 0) is 39.0 Å². The van der Waals surface area contributed by atoms with Gasteiger partial charge in [-0.2, -0.15) is 0 Å². The number of nitrogens with zero attached hydrogens (tertiary/aromatic N) is 4. The number of carbonyl (C=O) groups is 4. The molecule has 2 saturated carbocycles. The second-order valence-electron chi connectivity index (χ2n) is 12.2. The first-order valence-corrected chi connectivity index (χ1v) is 14.3. The Hall–Kier alpha value is -2.86. The highest BCUT2D eigenvalue weighted by molar-refractivity contribution is 6.39. The van der Waals surface area contributed by atoms with Crippen LogP contribution in [0.25, 0.3) is 0 Å². The Morgan fingerprint density at radius 3 is 2.38 bits per heavy atom. The molecule has 0 bridgehead atoms. The molecular formula is C27H43N7O5. The normalized spacial score (nSPS) is 24.8. The Morgan fingerprint density at radius 2 is 1.77 bits per heavy atom. The Bertz CT molecular complexity index is 1070. The van der Waals surface area contributed by atoms with E-state index in [9.17, 15) is 24.3 Å². The number of hydrogen-bond donors (Lipinski definition) is 4. The maximum Gasteiger partial charge on any atom is 0.287 e. The summed E-state index contributed by atoms with van der Waals surface area (Å²) >= 11 is 0. The number of primary amides is 1. The van der Waals surface area contributed by atoms with Crippen molar-refractivity contribution in [1.82, 2.24) is 25.2 Å². The minimum Gasteiger partial charge on any atom is -0.384 e. The lowest BCUT2D eigenvalue weighted by Gasteiger charge is -2.37. The van der Waals surface area contributed by atoms with E-state index in [4.69, 9.17) is 11.5 Å². The molecule has 12 nitrogen and oxygen atoms in total. The fourth-order valence-electron chi connectivity index (χ4n) is 6.65. The van der Waals surface area contributed by atoms with Crippen LogP contribution < -0.4 is 16.8 Å². The van der Waals surface area contributed by atoms with Crippen LogP contribution in [-0.2, 0) is 24.8 Å². The highest BCUT2D eigenvalue weighted by atomic mass is 16.3. The van der Waals surface area contributed by atoms with E-state index in [1.807, 2.05) is 0 Å². The Kier molecular flexibility index (Phi) is 8.75. The largest absolute Gasteiger partial charge is 0.384 e. The SMILES string of the molecule is CC(C)(O)c1cnnn1[C@H]1C[C@@H](C(=O)NC2(C(=O)C(N)=O)CCCCC2)N(C(=O)C(N)CC2CCCCC2)C1. The summed E-state index contributed by atoms with van der Waals surface area (Å²) in [6.07, 6.45) is 10.6. The van der Waals surface area contributed by atoms with E-state index in [0.29, 0.717) is 43.7 Å². The first-order chi connectivity index (χ1) is 18.4. The highest BCUT2D eigenvalue weighted by Gasteiger charge is 2.48. The van der Waals surface area contributed by atoms with Crippen LogP contribution in [0.5, 0.6) is 0 Å². The van der Waals surface area contributed by atoms with Crippen LogP contribution >= 0.6 is 0 Å². The zero-order valence-corrected chi connectivity index (χ0v) is 23.1. The topological polar surface area (TPSA) is 187 Å². The van der Waals surface area contributed by atoms with Crippen LogP contribution in [0.15, 0.2) is 6.20 Å². The number of amides is 3. The third-order valence-electron chi connectivity index (χ3n) is 8.77. The van der Waals surface area contributed by atoms with Gasteiger partial charge in [0.05, 0.1) is 24.0 Å². The van der Waals surface area contributed by atoms with E-state index < -0.39 is 46.9 Å². The monoisotopic (exact) mass is 545 g/mol. The fraction of sp³-hybridized carbons (Fsp3) is 0.778. The number of rotatable bonds is 9. The summed E-state index contributed by atoms with van der Waals surface area (Å²) in [4.78, 5) is 53.8. The van der Waals surface area contributed by atoms with E-state index in [-0.39, 0.29) is 18.9 Å². The smallest absolute Gasteiger partial charge is 0.287 e. The molecule has 3 atom stereocenters. The molecular weight excluding hydrogens is 502 g/mol. The van der Waals surface area contributed by atoms with E-state index in [0.717, 1.165) is 32.1 Å². The molecule has 39 heavy (non-hydrogen) atoms. The molecule has 4 rings (SSSR count). The number of hydrogen-bond acceptors (Lipinski definition) is 8. The molecule has 216 valence electrons. The lowest BCUT2D eigenvalue weighted by Crippen LogP contribution is -2.62. The molecule has 1 aliphatic heterocycles. The van der Waals surface area contributed by atoms with Crippen molar-refractivity contribution in [1.29, 1.82) is 0 Å². The predicted molar refractivity (Wildman–Crippen MR) is 142 cm³/mol. The minimum atomic E-state index is -1.37. The van der Waals surface area contributed by atoms with Gasteiger partial charge in [-0.25, -0.2) is 4.68 Å². The zero-order valence-electron chi connectivity index (χ0n) is 23.1. The number of aliphatic hydroxyl groups is 1. The second-order valence-corrected chi connectivity index (χ2v) is 12.2. The van der Waals surface area contributed by atoms with Crippen molar-refractivity contribution in [2.24, 2.45) is 17.4 Å². The number of likely N-dealkylation sites (tertiary alicyclic amines) is 1. The van der Waals surface area contributed by atoms with E-state index in [1.165, 1.54) is 17.5 Å². The van der Waals surface area contributed by atoms with Crippen molar-refractivity contribution in [3.05, 3.63) is 11.9 Å². The fourth-order valence-corrected chi connectivity index (χ4v) is 6.65. The molecule has 2 aliphatic carbocycles. The summed E-state index contributed by atoms with van der Waals surface area (Å²) in [6, 6.07) is -2.13. The quantitative estimate of drug-likeness (QED) is 0.328. The number of aromatic nitrogens is 3. The summed E-state index contributed by atoms with van der Waals surface area (Å²) < 4.78 is 1.56. The molecule has 2 heterocycles. The molecule has 1 saturated heterocycles. The summed E-state index contributed by atoms with van der Waals surface area (Å²) in [6.45, 7) is 3.39. The van der Waals surface area contributed by atoms with Crippen LogP contribution in [0.4, 0.5) is 0 Å². The number of nitrogens with two attached hydrogens (primary N) is 2. The summed E-state index contributed by atoms with van der Waals surface area (Å²) in [7, 11) is 0.